The van der Waals surface area contributed by atoms with Crippen LogP contribution in [0.15, 0.2) is 97.1 Å². The highest BCUT2D eigenvalue weighted by atomic mass is 15.1. The molecule has 10 rings (SSSR count). The van der Waals surface area contributed by atoms with E-state index in [9.17, 15) is 0 Å². The fourth-order valence-electron chi connectivity index (χ4n) is 6.22. The van der Waals surface area contributed by atoms with Crippen molar-refractivity contribution in [1.82, 2.24) is 29.7 Å². The molecule has 6 aromatic rings. The summed E-state index contributed by atoms with van der Waals surface area (Å²) in [6.07, 6.45) is 0. The maximum atomic E-state index is 3.58. The maximum absolute atomic E-state index is 3.58. The molecule has 0 saturated heterocycles. The van der Waals surface area contributed by atoms with Crippen molar-refractivity contribution in [2.75, 3.05) is 35.4 Å². The third-order valence-corrected chi connectivity index (χ3v) is 8.69. The summed E-state index contributed by atoms with van der Waals surface area (Å²) in [5, 5.41) is 14.2. The van der Waals surface area contributed by atoms with E-state index < -0.39 is 0 Å². The van der Waals surface area contributed by atoms with Gasteiger partial charge in [-0.25, -0.2) is 0 Å². The van der Waals surface area contributed by atoms with Gasteiger partial charge in [-0.3, -0.25) is 9.80 Å². The molecule has 48 heavy (non-hydrogen) atoms. The number of anilines is 4. The molecule has 4 aliphatic heterocycles. The first-order valence-corrected chi connectivity index (χ1v) is 16.7. The number of aromatic nitrogens is 4. The lowest BCUT2D eigenvalue weighted by atomic mass is 10.2. The zero-order valence-electron chi connectivity index (χ0n) is 27.8. The van der Waals surface area contributed by atoms with Gasteiger partial charge in [-0.05, 0) is 111 Å². The van der Waals surface area contributed by atoms with Crippen molar-refractivity contribution < 1.29 is 0 Å². The predicted octanol–water partition coefficient (Wildman–Crippen LogP) is 7.02. The number of benzene rings is 2. The van der Waals surface area contributed by atoms with E-state index in [1.807, 2.05) is 0 Å². The SMILES string of the molecule is CN1Cc2ccc([nH]2)CNc2ccc(cc2)NCc2ccc([nH]2)CN(C)Cc2ccc([nH]2)CNc2ccc(cc2)NCc2ccc([nH]2)C1. The van der Waals surface area contributed by atoms with Crippen LogP contribution in [0, 0.1) is 0 Å². The van der Waals surface area contributed by atoms with E-state index >= 15 is 0 Å². The van der Waals surface area contributed by atoms with Crippen LogP contribution in [-0.2, 0) is 52.4 Å². The Balaban J connectivity index is 1.01. The van der Waals surface area contributed by atoms with Crippen LogP contribution in [0.2, 0.25) is 0 Å². The van der Waals surface area contributed by atoms with E-state index in [0.717, 1.165) is 75.1 Å². The molecule has 0 fully saturated rings. The van der Waals surface area contributed by atoms with Gasteiger partial charge in [0.2, 0.25) is 0 Å². The fourth-order valence-corrected chi connectivity index (χ4v) is 6.22. The van der Waals surface area contributed by atoms with Gasteiger partial charge in [-0.2, -0.15) is 0 Å². The molecule has 0 unspecified atom stereocenters. The Labute approximate surface area is 282 Å². The smallest absolute Gasteiger partial charge is 0.0551 e. The average Bonchev–Trinajstić information content (AvgIpc) is 3.91. The summed E-state index contributed by atoms with van der Waals surface area (Å²) >= 11 is 0. The summed E-state index contributed by atoms with van der Waals surface area (Å²) in [6.45, 7) is 6.35. The predicted molar refractivity (Wildman–Crippen MR) is 196 cm³/mol. The van der Waals surface area contributed by atoms with Gasteiger partial charge in [0.1, 0.15) is 0 Å². The minimum absolute atomic E-state index is 0.743. The number of nitrogens with one attached hydrogen (secondary N) is 8. The molecule has 0 amide bonds. The molecule has 12 bridgehead atoms. The highest BCUT2D eigenvalue weighted by Gasteiger charge is 2.09. The van der Waals surface area contributed by atoms with Crippen molar-refractivity contribution in [3.63, 3.8) is 0 Å². The van der Waals surface area contributed by atoms with Crippen molar-refractivity contribution in [3.8, 4) is 0 Å². The van der Waals surface area contributed by atoms with Gasteiger partial charge >= 0.3 is 0 Å². The summed E-state index contributed by atoms with van der Waals surface area (Å²) < 4.78 is 0. The Bertz CT molecular complexity index is 1600. The molecule has 4 aliphatic rings. The summed E-state index contributed by atoms with van der Waals surface area (Å²) in [7, 11) is 4.31. The van der Waals surface area contributed by atoms with Crippen LogP contribution in [0.5, 0.6) is 0 Å². The summed E-state index contributed by atoms with van der Waals surface area (Å²) in [6, 6.07) is 34.4. The molecule has 0 radical (unpaired) electrons. The second-order valence-electron chi connectivity index (χ2n) is 12.9. The Morgan fingerprint density at radius 3 is 0.750 bits per heavy atom. The molecular formula is C38H46N10. The number of hydrogen-bond acceptors (Lipinski definition) is 6. The van der Waals surface area contributed by atoms with E-state index in [4.69, 9.17) is 0 Å². The molecular weight excluding hydrogens is 596 g/mol. The number of aromatic amines is 4. The van der Waals surface area contributed by atoms with Gasteiger partial charge in [0.05, 0.1) is 26.2 Å². The largest absolute Gasteiger partial charge is 0.379 e. The van der Waals surface area contributed by atoms with E-state index in [0.29, 0.717) is 0 Å². The zero-order valence-corrected chi connectivity index (χ0v) is 27.8. The molecule has 0 saturated carbocycles. The number of rotatable bonds is 0. The lowest BCUT2D eigenvalue weighted by Gasteiger charge is -2.15. The molecule has 0 aliphatic carbocycles. The van der Waals surface area contributed by atoms with Crippen LogP contribution in [-0.4, -0.2) is 43.8 Å². The number of nitrogens with zero attached hydrogens (tertiary/aromatic N) is 2. The lowest BCUT2D eigenvalue weighted by molar-refractivity contribution is 0.312. The lowest BCUT2D eigenvalue weighted by Crippen LogP contribution is -2.18. The quantitative estimate of drug-likeness (QED) is 0.0903. The number of H-pyrrole nitrogens is 4. The minimum atomic E-state index is 0.743. The van der Waals surface area contributed by atoms with E-state index in [1.165, 1.54) is 45.6 Å². The third kappa shape index (κ3) is 8.52. The third-order valence-electron chi connectivity index (χ3n) is 8.69. The van der Waals surface area contributed by atoms with Gasteiger partial charge < -0.3 is 41.2 Å². The fraction of sp³-hybridized carbons (Fsp3) is 0.263. The highest BCUT2D eigenvalue weighted by molar-refractivity contribution is 5.55. The average molecular weight is 643 g/mol. The van der Waals surface area contributed by atoms with Crippen molar-refractivity contribution in [3.05, 3.63) is 143 Å². The second-order valence-corrected chi connectivity index (χ2v) is 12.9. The van der Waals surface area contributed by atoms with Crippen molar-refractivity contribution in [2.24, 2.45) is 0 Å². The van der Waals surface area contributed by atoms with Gasteiger partial charge in [-0.15, -0.1) is 0 Å². The molecule has 2 aromatic carbocycles. The van der Waals surface area contributed by atoms with Crippen LogP contribution < -0.4 is 21.3 Å². The molecule has 4 aromatic heterocycles. The van der Waals surface area contributed by atoms with Gasteiger partial charge in [-0.1, -0.05) is 0 Å². The molecule has 8 heterocycles. The maximum Gasteiger partial charge on any atom is 0.0551 e. The van der Waals surface area contributed by atoms with E-state index in [-0.39, 0.29) is 0 Å². The monoisotopic (exact) mass is 642 g/mol. The normalized spacial score (nSPS) is 15.5. The summed E-state index contributed by atoms with van der Waals surface area (Å²) in [5.41, 5.74) is 13.9. The van der Waals surface area contributed by atoms with Crippen molar-refractivity contribution >= 4 is 22.7 Å². The summed E-state index contributed by atoms with van der Waals surface area (Å²) in [5.74, 6) is 0. The van der Waals surface area contributed by atoms with E-state index in [1.54, 1.807) is 0 Å². The Morgan fingerprint density at radius 1 is 0.312 bits per heavy atom. The van der Waals surface area contributed by atoms with Gasteiger partial charge in [0, 0.05) is 94.5 Å². The highest BCUT2D eigenvalue weighted by Crippen LogP contribution is 2.19. The standard InChI is InChI=1S/C38H46N10/c1-47-23-35-15-11-31(43-35)19-39-27-3-7-29(8-4-27)41-21-33-13-17-37(45-33)25-48(2)26-38-18-14-34(46-38)22-42-30-9-5-28(6-10-30)40-20-32-12-16-36(24-47)44-32/h3-18,39-46H,19-26H2,1-2H3. The topological polar surface area (TPSA) is 118 Å². The zero-order chi connectivity index (χ0) is 32.7. The molecule has 10 nitrogen and oxygen atoms in total. The molecule has 248 valence electrons. The van der Waals surface area contributed by atoms with E-state index in [2.05, 4.69) is 162 Å². The van der Waals surface area contributed by atoms with Crippen LogP contribution >= 0.6 is 0 Å². The Morgan fingerprint density at radius 2 is 0.521 bits per heavy atom. The molecule has 10 heteroatoms. The van der Waals surface area contributed by atoms with Crippen LogP contribution in [0.3, 0.4) is 0 Å². The molecule has 0 spiro atoms. The first kappa shape index (κ1) is 31.3. The Hall–Kier alpha value is -5.32. The first-order chi connectivity index (χ1) is 23.5. The summed E-state index contributed by atoms with van der Waals surface area (Å²) in [4.78, 5) is 19.0. The first-order valence-electron chi connectivity index (χ1n) is 16.7. The van der Waals surface area contributed by atoms with Crippen molar-refractivity contribution in [1.29, 1.82) is 0 Å². The van der Waals surface area contributed by atoms with Crippen LogP contribution in [0.1, 0.15) is 45.6 Å². The minimum Gasteiger partial charge on any atom is -0.379 e. The van der Waals surface area contributed by atoms with Crippen LogP contribution in [0.4, 0.5) is 22.7 Å². The van der Waals surface area contributed by atoms with Gasteiger partial charge in [0.15, 0.2) is 0 Å². The number of hydrogen-bond donors (Lipinski definition) is 8. The second kappa shape index (κ2) is 14.6. The van der Waals surface area contributed by atoms with Crippen LogP contribution in [0.25, 0.3) is 0 Å². The Kier molecular flexibility index (Phi) is 9.53. The molecule has 8 N–H and O–H groups in total. The molecule has 0 atom stereocenters. The van der Waals surface area contributed by atoms with Crippen molar-refractivity contribution in [2.45, 2.75) is 52.4 Å². The van der Waals surface area contributed by atoms with Gasteiger partial charge in [0.25, 0.3) is 0 Å².